The van der Waals surface area contributed by atoms with Gasteiger partial charge in [0.05, 0.1) is 4.99 Å². The molecule has 0 saturated heterocycles. The zero-order chi connectivity index (χ0) is 9.90. The van der Waals surface area contributed by atoms with Gasteiger partial charge in [0.15, 0.2) is 0 Å². The largest absolute Gasteiger partial charge is 0.379 e. The number of hydrogen-bond acceptors (Lipinski definition) is 1. The summed E-state index contributed by atoms with van der Waals surface area (Å²) in [6, 6.07) is 0. The van der Waals surface area contributed by atoms with Gasteiger partial charge in [-0.05, 0) is 31.6 Å². The molecule has 1 saturated carbocycles. The predicted octanol–water partition coefficient (Wildman–Crippen LogP) is 3.14. The van der Waals surface area contributed by atoms with Crippen LogP contribution < -0.4 is 5.32 Å². The number of thiocarbonyl (C=S) groups is 1. The van der Waals surface area contributed by atoms with Gasteiger partial charge in [-0.25, -0.2) is 0 Å². The van der Waals surface area contributed by atoms with Gasteiger partial charge in [0, 0.05) is 12.0 Å². The molecule has 1 nitrogen and oxygen atoms in total. The highest BCUT2D eigenvalue weighted by Gasteiger charge is 2.41. The van der Waals surface area contributed by atoms with Gasteiger partial charge in [-0.1, -0.05) is 33.0 Å². The number of rotatable bonds is 5. The molecule has 0 spiro atoms. The van der Waals surface area contributed by atoms with Crippen LogP contribution >= 0.6 is 12.2 Å². The Morgan fingerprint density at radius 1 is 1.46 bits per heavy atom. The Morgan fingerprint density at radius 3 is 2.54 bits per heavy atom. The average Bonchev–Trinajstić information content (AvgIpc) is 2.78. The molecule has 0 aromatic heterocycles. The SMILES string of the molecule is CC(C)CCCNC(=S)C1(C)CC1. The summed E-state index contributed by atoms with van der Waals surface area (Å²) in [6.07, 6.45) is 5.10. The second-order valence-corrected chi connectivity index (χ2v) is 5.26. The van der Waals surface area contributed by atoms with Crippen LogP contribution in [0.3, 0.4) is 0 Å². The van der Waals surface area contributed by atoms with Gasteiger partial charge in [-0.3, -0.25) is 0 Å². The fourth-order valence-corrected chi connectivity index (χ4v) is 1.65. The fraction of sp³-hybridized carbons (Fsp3) is 0.909. The van der Waals surface area contributed by atoms with E-state index >= 15 is 0 Å². The van der Waals surface area contributed by atoms with Crippen LogP contribution in [0.15, 0.2) is 0 Å². The molecule has 0 amide bonds. The van der Waals surface area contributed by atoms with Gasteiger partial charge in [0.2, 0.25) is 0 Å². The Kier molecular flexibility index (Phi) is 3.72. The molecule has 0 heterocycles. The Bertz CT molecular complexity index is 183. The minimum Gasteiger partial charge on any atom is -0.379 e. The summed E-state index contributed by atoms with van der Waals surface area (Å²) in [5, 5.41) is 3.37. The van der Waals surface area contributed by atoms with Crippen molar-refractivity contribution in [3.05, 3.63) is 0 Å². The lowest BCUT2D eigenvalue weighted by molar-refractivity contribution is 0.548. The molecule has 0 aromatic carbocycles. The first-order valence-corrected chi connectivity index (χ1v) is 5.74. The molecule has 13 heavy (non-hydrogen) atoms. The Morgan fingerprint density at radius 2 is 2.08 bits per heavy atom. The van der Waals surface area contributed by atoms with E-state index < -0.39 is 0 Å². The van der Waals surface area contributed by atoms with E-state index in [2.05, 4.69) is 26.1 Å². The van der Waals surface area contributed by atoms with Crippen LogP contribution in [0.1, 0.15) is 46.5 Å². The van der Waals surface area contributed by atoms with Gasteiger partial charge < -0.3 is 5.32 Å². The van der Waals surface area contributed by atoms with Crippen molar-refractivity contribution in [2.24, 2.45) is 11.3 Å². The van der Waals surface area contributed by atoms with Crippen molar-refractivity contribution in [3.8, 4) is 0 Å². The molecule has 1 rings (SSSR count). The summed E-state index contributed by atoms with van der Waals surface area (Å²) >= 11 is 5.32. The third kappa shape index (κ3) is 3.63. The third-order valence-electron chi connectivity index (χ3n) is 2.79. The molecular weight excluding hydrogens is 178 g/mol. The number of hydrogen-bond donors (Lipinski definition) is 1. The van der Waals surface area contributed by atoms with E-state index in [-0.39, 0.29) is 0 Å². The highest BCUT2D eigenvalue weighted by Crippen LogP contribution is 2.45. The molecule has 0 radical (unpaired) electrons. The number of nitrogens with one attached hydrogen (secondary N) is 1. The smallest absolute Gasteiger partial charge is 0.0813 e. The van der Waals surface area contributed by atoms with Crippen LogP contribution in [-0.4, -0.2) is 11.5 Å². The normalized spacial score (nSPS) is 18.8. The summed E-state index contributed by atoms with van der Waals surface area (Å²) in [6.45, 7) is 7.85. The van der Waals surface area contributed by atoms with Crippen molar-refractivity contribution in [2.45, 2.75) is 46.5 Å². The molecule has 0 aliphatic heterocycles. The Hall–Kier alpha value is -0.110. The molecular formula is C11H21NS. The van der Waals surface area contributed by atoms with Crippen molar-refractivity contribution in [2.75, 3.05) is 6.54 Å². The first-order valence-electron chi connectivity index (χ1n) is 5.33. The summed E-state index contributed by atoms with van der Waals surface area (Å²) in [7, 11) is 0. The van der Waals surface area contributed by atoms with Crippen LogP contribution in [0.5, 0.6) is 0 Å². The second-order valence-electron chi connectivity index (χ2n) is 4.85. The van der Waals surface area contributed by atoms with E-state index in [1.807, 2.05) is 0 Å². The average molecular weight is 199 g/mol. The molecule has 1 fully saturated rings. The van der Waals surface area contributed by atoms with Crippen molar-refractivity contribution < 1.29 is 0 Å². The maximum atomic E-state index is 5.32. The van der Waals surface area contributed by atoms with E-state index in [9.17, 15) is 0 Å². The van der Waals surface area contributed by atoms with Crippen LogP contribution in [0.25, 0.3) is 0 Å². The van der Waals surface area contributed by atoms with Gasteiger partial charge in [0.25, 0.3) is 0 Å². The van der Waals surface area contributed by atoms with E-state index in [1.54, 1.807) is 0 Å². The van der Waals surface area contributed by atoms with Crippen LogP contribution in [0.4, 0.5) is 0 Å². The zero-order valence-corrected chi connectivity index (χ0v) is 9.84. The van der Waals surface area contributed by atoms with Crippen molar-refractivity contribution in [1.29, 1.82) is 0 Å². The summed E-state index contributed by atoms with van der Waals surface area (Å²) in [5.74, 6) is 0.812. The van der Waals surface area contributed by atoms with Gasteiger partial charge in [-0.2, -0.15) is 0 Å². The molecule has 1 aliphatic rings. The summed E-state index contributed by atoms with van der Waals surface area (Å²) < 4.78 is 0. The van der Waals surface area contributed by atoms with Gasteiger partial charge >= 0.3 is 0 Å². The maximum absolute atomic E-state index is 5.32. The van der Waals surface area contributed by atoms with Crippen LogP contribution in [0, 0.1) is 11.3 Å². The van der Waals surface area contributed by atoms with E-state index in [0.29, 0.717) is 5.41 Å². The lowest BCUT2D eigenvalue weighted by Gasteiger charge is -2.13. The molecule has 1 N–H and O–H groups in total. The van der Waals surface area contributed by atoms with Crippen LogP contribution in [0.2, 0.25) is 0 Å². The second kappa shape index (κ2) is 4.41. The van der Waals surface area contributed by atoms with E-state index in [0.717, 1.165) is 17.5 Å². The lowest BCUT2D eigenvalue weighted by Crippen LogP contribution is -2.29. The van der Waals surface area contributed by atoms with Crippen molar-refractivity contribution >= 4 is 17.2 Å². The van der Waals surface area contributed by atoms with Crippen LogP contribution in [-0.2, 0) is 0 Å². The first-order chi connectivity index (χ1) is 6.04. The zero-order valence-electron chi connectivity index (χ0n) is 9.02. The highest BCUT2D eigenvalue weighted by molar-refractivity contribution is 7.80. The summed E-state index contributed by atoms with van der Waals surface area (Å²) in [4.78, 5) is 1.09. The molecule has 2 heteroatoms. The molecule has 0 atom stereocenters. The van der Waals surface area contributed by atoms with Gasteiger partial charge in [-0.15, -0.1) is 0 Å². The highest BCUT2D eigenvalue weighted by atomic mass is 32.1. The van der Waals surface area contributed by atoms with Crippen molar-refractivity contribution in [3.63, 3.8) is 0 Å². The topological polar surface area (TPSA) is 12.0 Å². The molecule has 76 valence electrons. The Balaban J connectivity index is 2.03. The lowest BCUT2D eigenvalue weighted by atomic mass is 10.1. The molecule has 1 aliphatic carbocycles. The monoisotopic (exact) mass is 199 g/mol. The predicted molar refractivity (Wildman–Crippen MR) is 62.0 cm³/mol. The fourth-order valence-electron chi connectivity index (χ4n) is 1.34. The van der Waals surface area contributed by atoms with E-state index in [4.69, 9.17) is 12.2 Å². The minimum absolute atomic E-state index is 0.368. The third-order valence-corrected chi connectivity index (χ3v) is 3.43. The van der Waals surface area contributed by atoms with E-state index in [1.165, 1.54) is 25.7 Å². The quantitative estimate of drug-likeness (QED) is 0.539. The first kappa shape index (κ1) is 11.0. The van der Waals surface area contributed by atoms with Crippen molar-refractivity contribution in [1.82, 2.24) is 5.32 Å². The summed E-state index contributed by atoms with van der Waals surface area (Å²) in [5.41, 5.74) is 0.368. The molecule has 0 bridgehead atoms. The molecule has 0 aromatic rings. The minimum atomic E-state index is 0.368. The van der Waals surface area contributed by atoms with Gasteiger partial charge in [0.1, 0.15) is 0 Å². The Labute approximate surface area is 87.3 Å². The molecule has 0 unspecified atom stereocenters. The maximum Gasteiger partial charge on any atom is 0.0813 e. The standard InChI is InChI=1S/C11H21NS/c1-9(2)5-4-8-12-10(13)11(3)6-7-11/h9H,4-8H2,1-3H3,(H,12,13).